The lowest BCUT2D eigenvalue weighted by atomic mass is 9.96. The average Bonchev–Trinajstić information content (AvgIpc) is 2.33. The number of piperidine rings is 1. The first-order chi connectivity index (χ1) is 8.49. The highest BCUT2D eigenvalue weighted by Crippen LogP contribution is 2.20. The van der Waals surface area contributed by atoms with Crippen molar-refractivity contribution in [2.75, 3.05) is 13.1 Å². The van der Waals surface area contributed by atoms with Crippen LogP contribution in [0.25, 0.3) is 0 Å². The van der Waals surface area contributed by atoms with Gasteiger partial charge in [-0.15, -0.1) is 12.4 Å². The van der Waals surface area contributed by atoms with E-state index in [1.54, 1.807) is 4.31 Å². The van der Waals surface area contributed by atoms with Crippen LogP contribution in [0.1, 0.15) is 18.9 Å². The van der Waals surface area contributed by atoms with E-state index < -0.39 is 10.0 Å². The van der Waals surface area contributed by atoms with E-state index in [4.69, 9.17) is 5.73 Å². The number of nitrogens with zero attached hydrogens (tertiary/aromatic N) is 1. The van der Waals surface area contributed by atoms with Crippen LogP contribution < -0.4 is 5.73 Å². The Morgan fingerprint density at radius 2 is 1.95 bits per heavy atom. The molecule has 1 aliphatic heterocycles. The molecule has 1 heterocycles. The van der Waals surface area contributed by atoms with Gasteiger partial charge in [0.15, 0.2) is 0 Å². The molecule has 0 radical (unpaired) electrons. The molecule has 2 rings (SSSR count). The standard InChI is InChI=1S/C13H20N2O2S.ClH/c1-11-9-15(8-7-13(11)14)18(16,17)10-12-5-3-2-4-6-12;/h2-6,11,13H,7-10,14H2,1H3;1H. The summed E-state index contributed by atoms with van der Waals surface area (Å²) >= 11 is 0. The Morgan fingerprint density at radius 3 is 2.53 bits per heavy atom. The molecule has 2 atom stereocenters. The monoisotopic (exact) mass is 304 g/mol. The van der Waals surface area contributed by atoms with Crippen LogP contribution in [0.15, 0.2) is 30.3 Å². The van der Waals surface area contributed by atoms with E-state index in [0.717, 1.165) is 12.0 Å². The fourth-order valence-corrected chi connectivity index (χ4v) is 3.90. The average molecular weight is 305 g/mol. The maximum Gasteiger partial charge on any atom is 0.218 e. The summed E-state index contributed by atoms with van der Waals surface area (Å²) in [7, 11) is -3.21. The van der Waals surface area contributed by atoms with Crippen LogP contribution in [-0.4, -0.2) is 31.9 Å². The fraction of sp³-hybridized carbons (Fsp3) is 0.538. The van der Waals surface area contributed by atoms with Crippen molar-refractivity contribution >= 4 is 22.4 Å². The summed E-state index contributed by atoms with van der Waals surface area (Å²) in [5, 5.41) is 0. The lowest BCUT2D eigenvalue weighted by molar-refractivity contribution is 0.250. The molecule has 0 bridgehead atoms. The third-order valence-electron chi connectivity index (χ3n) is 3.52. The summed E-state index contributed by atoms with van der Waals surface area (Å²) in [5.74, 6) is 0.305. The second-order valence-corrected chi connectivity index (χ2v) is 7.00. The van der Waals surface area contributed by atoms with Gasteiger partial charge in [-0.1, -0.05) is 37.3 Å². The molecule has 108 valence electrons. The van der Waals surface area contributed by atoms with E-state index in [0.29, 0.717) is 13.1 Å². The molecule has 0 aromatic heterocycles. The molecule has 19 heavy (non-hydrogen) atoms. The van der Waals surface area contributed by atoms with E-state index in [9.17, 15) is 8.42 Å². The van der Waals surface area contributed by atoms with E-state index in [-0.39, 0.29) is 30.1 Å². The van der Waals surface area contributed by atoms with Crippen molar-refractivity contribution in [2.45, 2.75) is 25.1 Å². The molecule has 0 aliphatic carbocycles. The smallest absolute Gasteiger partial charge is 0.218 e. The van der Waals surface area contributed by atoms with Gasteiger partial charge in [0.25, 0.3) is 0 Å². The van der Waals surface area contributed by atoms with Gasteiger partial charge in [-0.25, -0.2) is 12.7 Å². The molecular weight excluding hydrogens is 284 g/mol. The molecule has 1 aliphatic rings. The van der Waals surface area contributed by atoms with E-state index in [1.807, 2.05) is 37.3 Å². The lowest BCUT2D eigenvalue weighted by Crippen LogP contribution is -2.48. The quantitative estimate of drug-likeness (QED) is 0.922. The number of hydrogen-bond donors (Lipinski definition) is 1. The molecule has 6 heteroatoms. The van der Waals surface area contributed by atoms with Crippen molar-refractivity contribution in [1.29, 1.82) is 0 Å². The summed E-state index contributed by atoms with van der Waals surface area (Å²) in [4.78, 5) is 0. The van der Waals surface area contributed by atoms with Crippen LogP contribution >= 0.6 is 12.4 Å². The van der Waals surface area contributed by atoms with Crippen LogP contribution in [0.3, 0.4) is 0 Å². The maximum absolute atomic E-state index is 12.3. The number of rotatable bonds is 3. The van der Waals surface area contributed by atoms with Gasteiger partial charge in [-0.05, 0) is 17.9 Å². The van der Waals surface area contributed by atoms with Crippen molar-refractivity contribution in [3.8, 4) is 0 Å². The largest absolute Gasteiger partial charge is 0.327 e. The Hall–Kier alpha value is -0.620. The SMILES string of the molecule is CC1CN(S(=O)(=O)Cc2ccccc2)CCC1N.Cl. The molecule has 2 N–H and O–H groups in total. The Balaban J connectivity index is 0.00000180. The zero-order valence-electron chi connectivity index (χ0n) is 11.0. The minimum atomic E-state index is -3.21. The first-order valence-electron chi connectivity index (χ1n) is 6.26. The molecule has 4 nitrogen and oxygen atoms in total. The Kier molecular flexibility index (Phi) is 5.80. The minimum absolute atomic E-state index is 0. The minimum Gasteiger partial charge on any atom is -0.327 e. The van der Waals surface area contributed by atoms with E-state index >= 15 is 0 Å². The second kappa shape index (κ2) is 6.70. The molecule has 0 saturated carbocycles. The van der Waals surface area contributed by atoms with Crippen molar-refractivity contribution in [1.82, 2.24) is 4.31 Å². The number of benzene rings is 1. The van der Waals surface area contributed by atoms with Crippen molar-refractivity contribution in [3.05, 3.63) is 35.9 Å². The normalized spacial score (nSPS) is 24.7. The predicted octanol–water partition coefficient (Wildman–Crippen LogP) is 1.61. The number of hydrogen-bond acceptors (Lipinski definition) is 3. The first kappa shape index (κ1) is 16.4. The fourth-order valence-electron chi connectivity index (χ4n) is 2.25. The summed E-state index contributed by atoms with van der Waals surface area (Å²) in [6.07, 6.45) is 0.745. The highest BCUT2D eigenvalue weighted by molar-refractivity contribution is 7.88. The van der Waals surface area contributed by atoms with Crippen LogP contribution in [0.4, 0.5) is 0 Å². The van der Waals surface area contributed by atoms with Crippen LogP contribution in [0.5, 0.6) is 0 Å². The lowest BCUT2D eigenvalue weighted by Gasteiger charge is -2.34. The zero-order chi connectivity index (χ0) is 13.2. The van der Waals surface area contributed by atoms with Gasteiger partial charge in [0.2, 0.25) is 10.0 Å². The molecular formula is C13H21ClN2O2S. The summed E-state index contributed by atoms with van der Waals surface area (Å²) < 4.78 is 26.2. The third-order valence-corrected chi connectivity index (χ3v) is 5.34. The zero-order valence-corrected chi connectivity index (χ0v) is 12.7. The molecule has 1 aromatic carbocycles. The van der Waals surface area contributed by atoms with Gasteiger partial charge < -0.3 is 5.73 Å². The molecule has 2 unspecified atom stereocenters. The molecule has 0 amide bonds. The van der Waals surface area contributed by atoms with E-state index in [1.165, 1.54) is 0 Å². The molecule has 1 fully saturated rings. The summed E-state index contributed by atoms with van der Waals surface area (Å²) in [6.45, 7) is 3.09. The first-order valence-corrected chi connectivity index (χ1v) is 7.87. The van der Waals surface area contributed by atoms with Crippen molar-refractivity contribution in [2.24, 2.45) is 11.7 Å². The Labute approximate surface area is 121 Å². The highest BCUT2D eigenvalue weighted by Gasteiger charge is 2.30. The van der Waals surface area contributed by atoms with Gasteiger partial charge in [-0.3, -0.25) is 0 Å². The molecule has 1 aromatic rings. The Bertz CT molecular complexity index is 493. The Morgan fingerprint density at radius 1 is 1.32 bits per heavy atom. The summed E-state index contributed by atoms with van der Waals surface area (Å²) in [5.41, 5.74) is 6.75. The van der Waals surface area contributed by atoms with Crippen molar-refractivity contribution in [3.63, 3.8) is 0 Å². The van der Waals surface area contributed by atoms with Gasteiger partial charge >= 0.3 is 0 Å². The topological polar surface area (TPSA) is 63.4 Å². The number of sulfonamides is 1. The van der Waals surface area contributed by atoms with Gasteiger partial charge in [-0.2, -0.15) is 0 Å². The highest BCUT2D eigenvalue weighted by atomic mass is 35.5. The number of halogens is 1. The number of nitrogens with two attached hydrogens (primary N) is 1. The molecule has 0 spiro atoms. The molecule has 1 saturated heterocycles. The van der Waals surface area contributed by atoms with Crippen LogP contribution in [0.2, 0.25) is 0 Å². The van der Waals surface area contributed by atoms with Gasteiger partial charge in [0.1, 0.15) is 0 Å². The summed E-state index contributed by atoms with van der Waals surface area (Å²) in [6, 6.07) is 9.41. The van der Waals surface area contributed by atoms with Crippen molar-refractivity contribution < 1.29 is 8.42 Å². The van der Waals surface area contributed by atoms with Gasteiger partial charge in [0.05, 0.1) is 5.75 Å². The third kappa shape index (κ3) is 4.18. The predicted molar refractivity (Wildman–Crippen MR) is 79.6 cm³/mol. The van der Waals surface area contributed by atoms with Crippen LogP contribution in [0, 0.1) is 5.92 Å². The second-order valence-electron chi connectivity index (χ2n) is 5.03. The van der Waals surface area contributed by atoms with Crippen LogP contribution in [-0.2, 0) is 15.8 Å². The van der Waals surface area contributed by atoms with Gasteiger partial charge in [0, 0.05) is 19.1 Å². The van der Waals surface area contributed by atoms with E-state index in [2.05, 4.69) is 0 Å². The maximum atomic E-state index is 12.3.